The largest absolute Gasteiger partial charge is 0.385 e. The Morgan fingerprint density at radius 1 is 1.59 bits per heavy atom. The Kier molecular flexibility index (Phi) is 3.65. The molecule has 0 amide bonds. The number of ether oxygens (including phenoxy) is 1. The first-order valence-corrected chi connectivity index (χ1v) is 6.57. The summed E-state index contributed by atoms with van der Waals surface area (Å²) in [6.45, 7) is 3.61. The van der Waals surface area contributed by atoms with Crippen LogP contribution in [0.15, 0.2) is 0 Å². The first-order chi connectivity index (χ1) is 8.21. The molecule has 0 saturated heterocycles. The van der Waals surface area contributed by atoms with Crippen LogP contribution in [0.2, 0.25) is 0 Å². The van der Waals surface area contributed by atoms with Gasteiger partial charge in [-0.2, -0.15) is 9.64 Å². The minimum atomic E-state index is 0.390. The zero-order valence-electron chi connectivity index (χ0n) is 10.2. The fraction of sp³-hybridized carbons (Fsp3) is 0.667. The molecule has 17 heavy (non-hydrogen) atoms. The molecule has 0 atom stereocenters. The molecule has 1 aliphatic carbocycles. The monoisotopic (exact) mass is 251 g/mol. The summed E-state index contributed by atoms with van der Waals surface area (Å²) < 4.78 is 9.33. The Bertz CT molecular complexity index is 431. The van der Waals surface area contributed by atoms with E-state index in [2.05, 4.69) is 15.8 Å². The molecule has 92 valence electrons. The number of methoxy groups -OCH3 is 1. The first kappa shape index (κ1) is 12.3. The molecule has 1 fully saturated rings. The lowest BCUT2D eigenvalue weighted by Gasteiger charge is -2.15. The lowest BCUT2D eigenvalue weighted by atomic mass is 10.0. The van der Waals surface area contributed by atoms with Gasteiger partial charge < -0.3 is 10.1 Å². The lowest BCUT2D eigenvalue weighted by Crippen LogP contribution is -2.17. The molecule has 0 aliphatic heterocycles. The van der Waals surface area contributed by atoms with Crippen molar-refractivity contribution in [2.75, 3.05) is 25.6 Å². The highest BCUT2D eigenvalue weighted by molar-refractivity contribution is 7.10. The van der Waals surface area contributed by atoms with Crippen LogP contribution in [-0.2, 0) is 4.74 Å². The van der Waals surface area contributed by atoms with Gasteiger partial charge in [0.15, 0.2) is 0 Å². The van der Waals surface area contributed by atoms with Crippen LogP contribution in [0.3, 0.4) is 0 Å². The number of nitriles is 1. The second-order valence-electron chi connectivity index (χ2n) is 4.68. The predicted octanol–water partition coefficient (Wildman–Crippen LogP) is 2.55. The molecule has 0 bridgehead atoms. The Hall–Kier alpha value is -1.12. The topological polar surface area (TPSA) is 57.9 Å². The zero-order valence-corrected chi connectivity index (χ0v) is 11.1. The third-order valence-corrected chi connectivity index (χ3v) is 4.29. The molecule has 1 aromatic heterocycles. The molecule has 0 unspecified atom stereocenters. The number of nitrogens with zero attached hydrogens (tertiary/aromatic N) is 2. The minimum absolute atomic E-state index is 0.390. The highest BCUT2D eigenvalue weighted by atomic mass is 32.1. The van der Waals surface area contributed by atoms with E-state index in [9.17, 15) is 0 Å². The number of anilines is 1. The van der Waals surface area contributed by atoms with Gasteiger partial charge in [0.1, 0.15) is 16.6 Å². The van der Waals surface area contributed by atoms with Gasteiger partial charge in [-0.3, -0.25) is 0 Å². The maximum absolute atomic E-state index is 9.03. The Morgan fingerprint density at radius 2 is 2.35 bits per heavy atom. The molecule has 0 spiro atoms. The van der Waals surface area contributed by atoms with Crippen LogP contribution < -0.4 is 5.32 Å². The number of hydrogen-bond donors (Lipinski definition) is 1. The second kappa shape index (κ2) is 5.03. The van der Waals surface area contributed by atoms with E-state index in [0.717, 1.165) is 30.3 Å². The van der Waals surface area contributed by atoms with Gasteiger partial charge in [-0.1, -0.05) is 0 Å². The van der Waals surface area contributed by atoms with E-state index in [4.69, 9.17) is 10.00 Å². The van der Waals surface area contributed by atoms with Crippen LogP contribution in [0.4, 0.5) is 5.00 Å². The summed E-state index contributed by atoms with van der Waals surface area (Å²) >= 11 is 1.38. The number of rotatable bonds is 6. The summed E-state index contributed by atoms with van der Waals surface area (Å²) in [5.74, 6) is 0. The van der Waals surface area contributed by atoms with Crippen molar-refractivity contribution in [3.8, 4) is 6.07 Å². The number of aryl methyl sites for hydroxylation is 1. The van der Waals surface area contributed by atoms with Crippen molar-refractivity contribution >= 4 is 16.5 Å². The third-order valence-electron chi connectivity index (χ3n) is 3.39. The maximum Gasteiger partial charge on any atom is 0.127 e. The predicted molar refractivity (Wildman–Crippen MR) is 68.2 cm³/mol. The van der Waals surface area contributed by atoms with Gasteiger partial charge in [-0.05, 0) is 43.1 Å². The fourth-order valence-corrected chi connectivity index (χ4v) is 2.64. The minimum Gasteiger partial charge on any atom is -0.385 e. The van der Waals surface area contributed by atoms with Crippen LogP contribution >= 0.6 is 11.5 Å². The second-order valence-corrected chi connectivity index (χ2v) is 5.45. The molecule has 1 aliphatic rings. The summed E-state index contributed by atoms with van der Waals surface area (Å²) in [6, 6.07) is 2.20. The van der Waals surface area contributed by atoms with Crippen molar-refractivity contribution < 1.29 is 4.74 Å². The van der Waals surface area contributed by atoms with E-state index in [0.29, 0.717) is 11.0 Å². The van der Waals surface area contributed by atoms with Crippen molar-refractivity contribution in [3.05, 3.63) is 11.3 Å². The smallest absolute Gasteiger partial charge is 0.127 e. The summed E-state index contributed by atoms with van der Waals surface area (Å²) in [7, 11) is 1.74. The van der Waals surface area contributed by atoms with Gasteiger partial charge in [0.2, 0.25) is 0 Å². The standard InChI is InChI=1S/C12H17N3OS/c1-9-10(7-13)11(17-15-9)14-8-12(3-4-12)5-6-16-2/h14H,3-6,8H2,1-2H3. The maximum atomic E-state index is 9.03. The van der Waals surface area contributed by atoms with Crippen LogP contribution in [0.5, 0.6) is 0 Å². The van der Waals surface area contributed by atoms with Crippen molar-refractivity contribution in [1.29, 1.82) is 5.26 Å². The van der Waals surface area contributed by atoms with Gasteiger partial charge in [-0.15, -0.1) is 0 Å². The van der Waals surface area contributed by atoms with E-state index >= 15 is 0 Å². The third kappa shape index (κ3) is 2.76. The van der Waals surface area contributed by atoms with Crippen LogP contribution in [-0.4, -0.2) is 24.6 Å². The van der Waals surface area contributed by atoms with E-state index < -0.39 is 0 Å². The average molecular weight is 251 g/mol. The first-order valence-electron chi connectivity index (χ1n) is 5.80. The quantitative estimate of drug-likeness (QED) is 0.844. The highest BCUT2D eigenvalue weighted by Gasteiger charge is 2.41. The van der Waals surface area contributed by atoms with Crippen molar-refractivity contribution in [2.45, 2.75) is 26.2 Å². The number of nitrogens with one attached hydrogen (secondary N) is 1. The number of aromatic nitrogens is 1. The highest BCUT2D eigenvalue weighted by Crippen LogP contribution is 2.49. The molecule has 5 heteroatoms. The average Bonchev–Trinajstić information content (AvgIpc) is 3.02. The Labute approximate surface area is 106 Å². The van der Waals surface area contributed by atoms with Crippen LogP contribution in [0, 0.1) is 23.7 Å². The fourth-order valence-electron chi connectivity index (χ4n) is 1.90. The molecule has 1 saturated carbocycles. The van der Waals surface area contributed by atoms with E-state index in [1.54, 1.807) is 7.11 Å². The van der Waals surface area contributed by atoms with Crippen molar-refractivity contribution in [1.82, 2.24) is 4.37 Å². The van der Waals surface area contributed by atoms with Gasteiger partial charge in [-0.25, -0.2) is 0 Å². The van der Waals surface area contributed by atoms with Gasteiger partial charge >= 0.3 is 0 Å². The van der Waals surface area contributed by atoms with Crippen LogP contribution in [0.1, 0.15) is 30.5 Å². The molecule has 2 rings (SSSR count). The molecular formula is C12H17N3OS. The molecular weight excluding hydrogens is 234 g/mol. The van der Waals surface area contributed by atoms with E-state index in [1.165, 1.54) is 24.4 Å². The molecule has 4 nitrogen and oxygen atoms in total. The summed E-state index contributed by atoms with van der Waals surface area (Å²) in [4.78, 5) is 0. The normalized spacial score (nSPS) is 16.5. The Balaban J connectivity index is 1.92. The SMILES string of the molecule is COCCC1(CNc2snc(C)c2C#N)CC1. The number of hydrogen-bond acceptors (Lipinski definition) is 5. The Morgan fingerprint density at radius 3 is 2.94 bits per heavy atom. The van der Waals surface area contributed by atoms with Crippen molar-refractivity contribution in [3.63, 3.8) is 0 Å². The molecule has 1 heterocycles. The molecule has 0 radical (unpaired) electrons. The lowest BCUT2D eigenvalue weighted by molar-refractivity contribution is 0.175. The van der Waals surface area contributed by atoms with Crippen LogP contribution in [0.25, 0.3) is 0 Å². The summed E-state index contributed by atoms with van der Waals surface area (Å²) in [5.41, 5.74) is 1.90. The van der Waals surface area contributed by atoms with Crippen molar-refractivity contribution in [2.24, 2.45) is 5.41 Å². The van der Waals surface area contributed by atoms with Gasteiger partial charge in [0, 0.05) is 20.3 Å². The molecule has 0 aromatic carbocycles. The zero-order chi connectivity index (χ0) is 12.3. The molecule has 1 N–H and O–H groups in total. The van der Waals surface area contributed by atoms with Gasteiger partial charge in [0.05, 0.1) is 5.69 Å². The van der Waals surface area contributed by atoms with Gasteiger partial charge in [0.25, 0.3) is 0 Å². The van der Waals surface area contributed by atoms with E-state index in [1.807, 2.05) is 6.92 Å². The van der Waals surface area contributed by atoms with E-state index in [-0.39, 0.29) is 0 Å². The summed E-state index contributed by atoms with van der Waals surface area (Å²) in [6.07, 6.45) is 3.60. The summed E-state index contributed by atoms with van der Waals surface area (Å²) in [5, 5.41) is 13.3. The molecule has 1 aromatic rings.